The summed E-state index contributed by atoms with van der Waals surface area (Å²) in [4.78, 5) is 0. The molecule has 1 N–H and O–H groups in total. The maximum absolute atomic E-state index is 8.55. The average Bonchev–Trinajstić information content (AvgIpc) is 2.05. The van der Waals surface area contributed by atoms with Crippen LogP contribution in [0, 0.1) is 0 Å². The highest BCUT2D eigenvalue weighted by Gasteiger charge is 1.90. The number of hydrogen-bond acceptors (Lipinski definition) is 1. The second-order valence-corrected chi connectivity index (χ2v) is 2.00. The predicted molar refractivity (Wildman–Crippen MR) is 44.1 cm³/mol. The van der Waals surface area contributed by atoms with Gasteiger partial charge in [0.25, 0.3) is 0 Å². The Morgan fingerprint density at radius 3 is 2.30 bits per heavy atom. The third kappa shape index (κ3) is 1.48. The Balaban J connectivity index is 2.90. The molecule has 0 aliphatic carbocycles. The van der Waals surface area contributed by atoms with Gasteiger partial charge in [0, 0.05) is 0 Å². The third-order valence-corrected chi connectivity index (χ3v) is 1.32. The maximum Gasteiger partial charge on any atom is 0.326 e. The van der Waals surface area contributed by atoms with E-state index in [1.54, 1.807) is 6.08 Å². The molecule has 10 heavy (non-hydrogen) atoms. The van der Waals surface area contributed by atoms with Crippen LogP contribution in [0.2, 0.25) is 0 Å². The molecule has 1 aromatic carbocycles. The SMILES string of the molecule is C=Cc1ccc([B]O)cc1. The summed E-state index contributed by atoms with van der Waals surface area (Å²) in [5.41, 5.74) is 1.87. The molecule has 0 amide bonds. The van der Waals surface area contributed by atoms with Crippen LogP contribution < -0.4 is 5.46 Å². The van der Waals surface area contributed by atoms with E-state index in [0.717, 1.165) is 18.5 Å². The lowest BCUT2D eigenvalue weighted by Gasteiger charge is -1.93. The molecule has 0 atom stereocenters. The van der Waals surface area contributed by atoms with Crippen molar-refractivity contribution in [3.63, 3.8) is 0 Å². The largest absolute Gasteiger partial charge is 0.450 e. The molecular formula is C8H8BO. The molecule has 0 aliphatic heterocycles. The van der Waals surface area contributed by atoms with Crippen molar-refractivity contribution in [2.24, 2.45) is 0 Å². The van der Waals surface area contributed by atoms with Gasteiger partial charge >= 0.3 is 7.48 Å². The van der Waals surface area contributed by atoms with Crippen molar-refractivity contribution in [1.29, 1.82) is 0 Å². The third-order valence-electron chi connectivity index (χ3n) is 1.32. The number of rotatable bonds is 2. The van der Waals surface area contributed by atoms with Crippen LogP contribution in [0.25, 0.3) is 6.08 Å². The van der Waals surface area contributed by atoms with Crippen molar-refractivity contribution in [2.75, 3.05) is 0 Å². The van der Waals surface area contributed by atoms with Crippen LogP contribution >= 0.6 is 0 Å². The van der Waals surface area contributed by atoms with Gasteiger partial charge in [0.15, 0.2) is 0 Å². The highest BCUT2D eigenvalue weighted by Crippen LogP contribution is 1.96. The summed E-state index contributed by atoms with van der Waals surface area (Å²) < 4.78 is 0. The highest BCUT2D eigenvalue weighted by atomic mass is 16.2. The van der Waals surface area contributed by atoms with Crippen molar-refractivity contribution >= 4 is 19.0 Å². The van der Waals surface area contributed by atoms with Crippen molar-refractivity contribution in [2.45, 2.75) is 0 Å². The van der Waals surface area contributed by atoms with E-state index in [0.29, 0.717) is 0 Å². The lowest BCUT2D eigenvalue weighted by Crippen LogP contribution is -2.11. The van der Waals surface area contributed by atoms with Crippen molar-refractivity contribution in [3.8, 4) is 0 Å². The van der Waals surface area contributed by atoms with Crippen LogP contribution in [0.15, 0.2) is 30.8 Å². The summed E-state index contributed by atoms with van der Waals surface area (Å²) in [6, 6.07) is 7.46. The molecule has 0 saturated carbocycles. The minimum Gasteiger partial charge on any atom is -0.450 e. The van der Waals surface area contributed by atoms with E-state index in [1.165, 1.54) is 0 Å². The second kappa shape index (κ2) is 3.23. The zero-order valence-corrected chi connectivity index (χ0v) is 5.62. The monoisotopic (exact) mass is 131 g/mol. The van der Waals surface area contributed by atoms with E-state index in [4.69, 9.17) is 5.02 Å². The van der Waals surface area contributed by atoms with E-state index < -0.39 is 0 Å². The van der Waals surface area contributed by atoms with Crippen molar-refractivity contribution in [1.82, 2.24) is 0 Å². The fraction of sp³-hybridized carbons (Fsp3) is 0. The fourth-order valence-electron chi connectivity index (χ4n) is 0.718. The molecule has 0 aromatic heterocycles. The molecule has 0 fully saturated rings. The van der Waals surface area contributed by atoms with Crippen molar-refractivity contribution in [3.05, 3.63) is 36.4 Å². The summed E-state index contributed by atoms with van der Waals surface area (Å²) in [5, 5.41) is 8.55. The van der Waals surface area contributed by atoms with Crippen LogP contribution in [0.4, 0.5) is 0 Å². The van der Waals surface area contributed by atoms with E-state index in [2.05, 4.69) is 6.58 Å². The molecule has 1 radical (unpaired) electrons. The highest BCUT2D eigenvalue weighted by molar-refractivity contribution is 6.45. The molecule has 1 nitrogen and oxygen atoms in total. The van der Waals surface area contributed by atoms with Gasteiger partial charge in [-0.3, -0.25) is 0 Å². The van der Waals surface area contributed by atoms with E-state index in [1.807, 2.05) is 24.3 Å². The summed E-state index contributed by atoms with van der Waals surface area (Å²) in [6.45, 7) is 3.61. The Hall–Kier alpha value is -1.02. The lowest BCUT2D eigenvalue weighted by atomic mass is 9.88. The normalized spacial score (nSPS) is 8.90. The molecule has 2 heteroatoms. The van der Waals surface area contributed by atoms with Crippen LogP contribution in [0.3, 0.4) is 0 Å². The number of benzene rings is 1. The molecule has 0 heterocycles. The van der Waals surface area contributed by atoms with Crippen LogP contribution in [0.5, 0.6) is 0 Å². The van der Waals surface area contributed by atoms with Gasteiger partial charge in [0.05, 0.1) is 0 Å². The Morgan fingerprint density at radius 2 is 1.90 bits per heavy atom. The first-order valence-corrected chi connectivity index (χ1v) is 3.07. The molecule has 1 rings (SSSR count). The minimum atomic E-state index is 0.811. The lowest BCUT2D eigenvalue weighted by molar-refractivity contribution is 0.615. The van der Waals surface area contributed by atoms with E-state index >= 15 is 0 Å². The Morgan fingerprint density at radius 1 is 1.30 bits per heavy atom. The number of hydrogen-bond donors (Lipinski definition) is 1. The van der Waals surface area contributed by atoms with E-state index in [9.17, 15) is 0 Å². The first-order chi connectivity index (χ1) is 4.86. The van der Waals surface area contributed by atoms with Crippen LogP contribution in [0.1, 0.15) is 5.56 Å². The topological polar surface area (TPSA) is 20.2 Å². The molecule has 49 valence electrons. The van der Waals surface area contributed by atoms with E-state index in [-0.39, 0.29) is 0 Å². The molecule has 0 spiro atoms. The maximum atomic E-state index is 8.55. The first-order valence-electron chi connectivity index (χ1n) is 3.07. The van der Waals surface area contributed by atoms with Gasteiger partial charge in [0.1, 0.15) is 0 Å². The summed E-state index contributed by atoms with van der Waals surface area (Å²) in [6.07, 6.45) is 1.77. The van der Waals surface area contributed by atoms with Gasteiger partial charge < -0.3 is 5.02 Å². The summed E-state index contributed by atoms with van der Waals surface area (Å²) in [5.74, 6) is 0. The predicted octanol–water partition coefficient (Wildman–Crippen LogP) is 0.566. The van der Waals surface area contributed by atoms with Gasteiger partial charge in [0.2, 0.25) is 0 Å². The Kier molecular flexibility index (Phi) is 2.29. The molecule has 0 bridgehead atoms. The van der Waals surface area contributed by atoms with Gasteiger partial charge in [-0.1, -0.05) is 42.4 Å². The van der Waals surface area contributed by atoms with Crippen molar-refractivity contribution < 1.29 is 5.02 Å². The smallest absolute Gasteiger partial charge is 0.326 e. The standard InChI is InChI=1S/C8H8BO/c1-2-7-3-5-8(9-10)6-4-7/h2-6,10H,1H2. The fourth-order valence-corrected chi connectivity index (χ4v) is 0.718. The summed E-state index contributed by atoms with van der Waals surface area (Å²) in [7, 11) is 1.08. The second-order valence-electron chi connectivity index (χ2n) is 2.00. The Labute approximate surface area is 61.3 Å². The molecule has 0 aliphatic rings. The van der Waals surface area contributed by atoms with Gasteiger partial charge in [-0.2, -0.15) is 0 Å². The summed E-state index contributed by atoms with van der Waals surface area (Å²) >= 11 is 0. The molecule has 0 saturated heterocycles. The minimum absolute atomic E-state index is 0.811. The quantitative estimate of drug-likeness (QED) is 0.581. The average molecular weight is 131 g/mol. The first kappa shape index (κ1) is 7.10. The molecule has 0 unspecified atom stereocenters. The molecular weight excluding hydrogens is 123 g/mol. The molecule has 1 aromatic rings. The van der Waals surface area contributed by atoms with Crippen LogP contribution in [-0.2, 0) is 0 Å². The van der Waals surface area contributed by atoms with Crippen LogP contribution in [-0.4, -0.2) is 12.5 Å². The van der Waals surface area contributed by atoms with Gasteiger partial charge in [-0.05, 0) is 5.56 Å². The van der Waals surface area contributed by atoms with Gasteiger partial charge in [-0.15, -0.1) is 0 Å². The zero-order chi connectivity index (χ0) is 7.40. The zero-order valence-electron chi connectivity index (χ0n) is 5.62. The van der Waals surface area contributed by atoms with Gasteiger partial charge in [-0.25, -0.2) is 0 Å². The Bertz CT molecular complexity index is 215.